The number of benzene rings is 2. The number of ether oxygens (including phenoxy) is 2. The van der Waals surface area contributed by atoms with Crippen LogP contribution in [0, 0.1) is 11.6 Å². The quantitative estimate of drug-likeness (QED) is 0.306. The number of anilines is 1. The maximum atomic E-state index is 14.2. The Labute approximate surface area is 176 Å². The zero-order chi connectivity index (χ0) is 21.3. The second kappa shape index (κ2) is 10.4. The van der Waals surface area contributed by atoms with Crippen LogP contribution in [0.1, 0.15) is 23.7 Å². The molecular formula is C21H19F2N3O3S. The molecule has 1 aromatic heterocycles. The molecule has 3 rings (SSSR count). The highest BCUT2D eigenvalue weighted by Gasteiger charge is 2.08. The average Bonchev–Trinajstić information content (AvgIpc) is 3.16. The molecule has 1 heterocycles. The number of nitrogens with zero attached hydrogens (tertiary/aromatic N) is 2. The molecule has 0 aliphatic heterocycles. The maximum absolute atomic E-state index is 14.2. The van der Waals surface area contributed by atoms with E-state index < -0.39 is 5.82 Å². The third kappa shape index (κ3) is 6.35. The van der Waals surface area contributed by atoms with Gasteiger partial charge >= 0.3 is 5.97 Å². The molecule has 0 fully saturated rings. The first-order valence-corrected chi connectivity index (χ1v) is 9.97. The molecule has 0 saturated heterocycles. The van der Waals surface area contributed by atoms with Crippen molar-refractivity contribution in [3.05, 3.63) is 76.3 Å². The molecule has 6 nitrogen and oxygen atoms in total. The van der Waals surface area contributed by atoms with Crippen molar-refractivity contribution in [2.75, 3.05) is 12.0 Å². The van der Waals surface area contributed by atoms with Gasteiger partial charge in [0.1, 0.15) is 12.4 Å². The average molecular weight is 431 g/mol. The molecule has 2 aromatic carbocycles. The van der Waals surface area contributed by atoms with Crippen LogP contribution >= 0.6 is 11.3 Å². The summed E-state index contributed by atoms with van der Waals surface area (Å²) in [5, 5.41) is 6.27. The van der Waals surface area contributed by atoms with Crippen LogP contribution in [-0.4, -0.2) is 23.8 Å². The second-order valence-corrected chi connectivity index (χ2v) is 6.96. The molecule has 0 aliphatic rings. The van der Waals surface area contributed by atoms with E-state index in [1.165, 1.54) is 41.8 Å². The summed E-state index contributed by atoms with van der Waals surface area (Å²) in [6.07, 6.45) is 1.54. The van der Waals surface area contributed by atoms with Gasteiger partial charge in [-0.3, -0.25) is 10.2 Å². The summed E-state index contributed by atoms with van der Waals surface area (Å²) >= 11 is 1.29. The van der Waals surface area contributed by atoms with Crippen LogP contribution in [0.4, 0.5) is 13.9 Å². The van der Waals surface area contributed by atoms with Crippen LogP contribution in [0.15, 0.2) is 52.9 Å². The number of hydrogen-bond donors (Lipinski definition) is 1. The van der Waals surface area contributed by atoms with Gasteiger partial charge in [0, 0.05) is 5.38 Å². The fourth-order valence-corrected chi connectivity index (χ4v) is 3.08. The SMILES string of the molecule is CCOC(=O)Cc1csc(NN=Cc2ccc(OCc3ccc(F)cc3)c(F)c2)n1. The van der Waals surface area contributed by atoms with Crippen molar-refractivity contribution >= 4 is 28.7 Å². The number of halogens is 2. The number of hydrogen-bond acceptors (Lipinski definition) is 7. The van der Waals surface area contributed by atoms with Crippen LogP contribution in [0.25, 0.3) is 0 Å². The second-order valence-electron chi connectivity index (χ2n) is 6.10. The van der Waals surface area contributed by atoms with Gasteiger partial charge in [-0.15, -0.1) is 11.3 Å². The number of carbonyl (C=O) groups excluding carboxylic acids is 1. The molecule has 0 spiro atoms. The third-order valence-corrected chi connectivity index (χ3v) is 4.62. The lowest BCUT2D eigenvalue weighted by molar-refractivity contribution is -0.142. The highest BCUT2D eigenvalue weighted by Crippen LogP contribution is 2.20. The first kappa shape index (κ1) is 21.4. The Morgan fingerprint density at radius 1 is 1.23 bits per heavy atom. The Kier molecular flexibility index (Phi) is 7.45. The molecule has 30 heavy (non-hydrogen) atoms. The van der Waals surface area contributed by atoms with E-state index in [4.69, 9.17) is 9.47 Å². The van der Waals surface area contributed by atoms with E-state index in [0.29, 0.717) is 23.0 Å². The molecule has 0 unspecified atom stereocenters. The number of thiazole rings is 1. The molecule has 0 bridgehead atoms. The molecule has 0 saturated carbocycles. The fraction of sp³-hybridized carbons (Fsp3) is 0.190. The largest absolute Gasteiger partial charge is 0.486 e. The van der Waals surface area contributed by atoms with E-state index in [9.17, 15) is 13.6 Å². The Hall–Kier alpha value is -3.33. The highest BCUT2D eigenvalue weighted by molar-refractivity contribution is 7.13. The minimum absolute atomic E-state index is 0.0907. The maximum Gasteiger partial charge on any atom is 0.311 e. The van der Waals surface area contributed by atoms with Crippen molar-refractivity contribution in [1.82, 2.24) is 4.98 Å². The molecule has 0 amide bonds. The Balaban J connectivity index is 1.52. The van der Waals surface area contributed by atoms with Gasteiger partial charge < -0.3 is 9.47 Å². The van der Waals surface area contributed by atoms with E-state index in [1.54, 1.807) is 30.5 Å². The smallest absolute Gasteiger partial charge is 0.311 e. The normalized spacial score (nSPS) is 10.9. The van der Waals surface area contributed by atoms with Crippen molar-refractivity contribution in [2.24, 2.45) is 5.10 Å². The van der Waals surface area contributed by atoms with Gasteiger partial charge in [-0.1, -0.05) is 12.1 Å². The van der Waals surface area contributed by atoms with Crippen LogP contribution < -0.4 is 10.2 Å². The number of nitrogens with one attached hydrogen (secondary N) is 1. The minimum Gasteiger partial charge on any atom is -0.486 e. The summed E-state index contributed by atoms with van der Waals surface area (Å²) in [7, 11) is 0. The topological polar surface area (TPSA) is 72.8 Å². The molecule has 156 valence electrons. The monoisotopic (exact) mass is 431 g/mol. The van der Waals surface area contributed by atoms with E-state index in [1.807, 2.05) is 0 Å². The molecule has 9 heteroatoms. The van der Waals surface area contributed by atoms with Crippen molar-refractivity contribution in [1.29, 1.82) is 0 Å². The van der Waals surface area contributed by atoms with Crippen LogP contribution in [0.5, 0.6) is 5.75 Å². The fourth-order valence-electron chi connectivity index (χ4n) is 2.42. The summed E-state index contributed by atoms with van der Waals surface area (Å²) in [4.78, 5) is 15.7. The summed E-state index contributed by atoms with van der Waals surface area (Å²) in [6.45, 7) is 2.20. The van der Waals surface area contributed by atoms with Crippen molar-refractivity contribution in [3.63, 3.8) is 0 Å². The number of aromatic nitrogens is 1. The lowest BCUT2D eigenvalue weighted by atomic mass is 10.2. The zero-order valence-corrected chi connectivity index (χ0v) is 16.9. The van der Waals surface area contributed by atoms with Gasteiger partial charge in [0.2, 0.25) is 5.13 Å². The number of rotatable bonds is 9. The molecular weight excluding hydrogens is 412 g/mol. The summed E-state index contributed by atoms with van der Waals surface area (Å²) in [5.74, 6) is -1.12. The predicted molar refractivity (Wildman–Crippen MR) is 111 cm³/mol. The number of esters is 1. The first-order chi connectivity index (χ1) is 14.5. The van der Waals surface area contributed by atoms with E-state index in [0.717, 1.165) is 5.56 Å². The summed E-state index contributed by atoms with van der Waals surface area (Å²) in [6, 6.07) is 10.3. The van der Waals surface area contributed by atoms with Crippen molar-refractivity contribution in [2.45, 2.75) is 20.0 Å². The van der Waals surface area contributed by atoms with Gasteiger partial charge in [0.25, 0.3) is 0 Å². The molecule has 0 aliphatic carbocycles. The number of carbonyl (C=O) groups is 1. The standard InChI is InChI=1S/C21H19F2N3O3S/c1-2-28-20(27)10-17-13-30-21(25-17)26-24-11-15-5-8-19(18(23)9-15)29-12-14-3-6-16(22)7-4-14/h3-9,11,13H,2,10,12H2,1H3,(H,25,26). The van der Waals surface area contributed by atoms with E-state index in [2.05, 4.69) is 15.5 Å². The lowest BCUT2D eigenvalue weighted by Crippen LogP contribution is -2.07. The van der Waals surface area contributed by atoms with Gasteiger partial charge in [-0.05, 0) is 48.4 Å². The first-order valence-electron chi connectivity index (χ1n) is 9.09. The minimum atomic E-state index is -0.535. The molecule has 0 radical (unpaired) electrons. The van der Waals surface area contributed by atoms with Crippen LogP contribution in [-0.2, 0) is 22.6 Å². The number of hydrazone groups is 1. The third-order valence-electron chi connectivity index (χ3n) is 3.82. The van der Waals surface area contributed by atoms with Gasteiger partial charge in [0.15, 0.2) is 11.6 Å². The molecule has 3 aromatic rings. The Bertz CT molecular complexity index is 1020. The predicted octanol–water partition coefficient (Wildman–Crippen LogP) is 4.55. The van der Waals surface area contributed by atoms with Gasteiger partial charge in [0.05, 0.1) is 24.9 Å². The molecule has 1 N–H and O–H groups in total. The Morgan fingerprint density at radius 2 is 2.03 bits per heavy atom. The lowest BCUT2D eigenvalue weighted by Gasteiger charge is -2.08. The highest BCUT2D eigenvalue weighted by atomic mass is 32.1. The Morgan fingerprint density at radius 3 is 2.77 bits per heavy atom. The molecule has 0 atom stereocenters. The van der Waals surface area contributed by atoms with Gasteiger partial charge in [-0.25, -0.2) is 13.8 Å². The van der Waals surface area contributed by atoms with Crippen LogP contribution in [0.2, 0.25) is 0 Å². The van der Waals surface area contributed by atoms with E-state index >= 15 is 0 Å². The summed E-state index contributed by atoms with van der Waals surface area (Å²) in [5.41, 5.74) is 4.59. The van der Waals surface area contributed by atoms with Crippen molar-refractivity contribution < 1.29 is 23.0 Å². The van der Waals surface area contributed by atoms with E-state index in [-0.39, 0.29) is 30.6 Å². The van der Waals surface area contributed by atoms with Crippen LogP contribution in [0.3, 0.4) is 0 Å². The van der Waals surface area contributed by atoms with Gasteiger partial charge in [-0.2, -0.15) is 5.10 Å². The summed E-state index contributed by atoms with van der Waals surface area (Å²) < 4.78 is 37.5. The van der Waals surface area contributed by atoms with Crippen molar-refractivity contribution in [3.8, 4) is 5.75 Å². The zero-order valence-electron chi connectivity index (χ0n) is 16.1.